The minimum Gasteiger partial charge on any atom is -0.358 e. The SMILES string of the molecule is [C-]#[N+]CC1(n2cc(-c3cccc4nc(NC(=O)C5CC5)nn34)cn2)CN(S(C)(=O)=O)C1.[CH3-].[W]. The standard InChI is InChI=1S/C19H20N8O3S.CH3.W/c1-20-10-19(11-25(12-19)31(2,29)30)26-9-14(8-21-26)15-4-3-5-16-22-18(24-27(15)16)23-17(28)13-6-7-13;;/h3-5,8-9,13H,6-7,10-12H2,2H3,(H,23,24,28);1H3;/q;-1;. The number of anilines is 1. The zero-order valence-electron chi connectivity index (χ0n) is 18.2. The van der Waals surface area contributed by atoms with Crippen LogP contribution < -0.4 is 5.32 Å². The van der Waals surface area contributed by atoms with Crippen LogP contribution in [0.3, 0.4) is 0 Å². The Hall–Kier alpha value is -2.61. The monoisotopic (exact) mass is 639 g/mol. The van der Waals surface area contributed by atoms with E-state index in [0.717, 1.165) is 30.4 Å². The molecule has 1 aliphatic carbocycles. The van der Waals surface area contributed by atoms with Gasteiger partial charge in [-0.25, -0.2) is 19.5 Å². The van der Waals surface area contributed by atoms with Crippen LogP contribution in [0.2, 0.25) is 0 Å². The molecule has 1 N–H and O–H groups in total. The van der Waals surface area contributed by atoms with Crippen molar-refractivity contribution < 1.29 is 34.3 Å². The fourth-order valence-corrected chi connectivity index (χ4v) is 4.71. The molecule has 0 unspecified atom stereocenters. The van der Waals surface area contributed by atoms with Crippen LogP contribution in [0.1, 0.15) is 12.8 Å². The van der Waals surface area contributed by atoms with Crippen molar-refractivity contribution in [2.24, 2.45) is 5.92 Å². The molecule has 0 bridgehead atoms. The van der Waals surface area contributed by atoms with Gasteiger partial charge in [0.2, 0.25) is 28.4 Å². The van der Waals surface area contributed by atoms with Crippen molar-refractivity contribution >= 4 is 27.5 Å². The fourth-order valence-electron chi connectivity index (χ4n) is 3.76. The third-order valence-electron chi connectivity index (χ3n) is 5.69. The van der Waals surface area contributed by atoms with Gasteiger partial charge in [0, 0.05) is 51.8 Å². The molecule has 5 rings (SSSR count). The molecule has 0 aromatic carbocycles. The Bertz CT molecular complexity index is 1330. The number of carbonyl (C=O) groups is 1. The van der Waals surface area contributed by atoms with E-state index in [1.807, 2.05) is 12.1 Å². The number of amides is 1. The van der Waals surface area contributed by atoms with Crippen LogP contribution in [0.25, 0.3) is 21.7 Å². The molecule has 2 aliphatic rings. The van der Waals surface area contributed by atoms with Gasteiger partial charge in [-0.05, 0) is 25.0 Å². The molecule has 0 spiro atoms. The summed E-state index contributed by atoms with van der Waals surface area (Å²) in [6.45, 7) is 7.84. The van der Waals surface area contributed by atoms with Crippen LogP contribution in [-0.4, -0.2) is 68.9 Å². The minimum atomic E-state index is -3.31. The summed E-state index contributed by atoms with van der Waals surface area (Å²) in [6, 6.07) is 5.50. The maximum atomic E-state index is 12.0. The second-order valence-electron chi connectivity index (χ2n) is 8.13. The van der Waals surface area contributed by atoms with Gasteiger partial charge < -0.3 is 12.3 Å². The molecule has 3 aromatic heterocycles. The number of rotatable bonds is 6. The molecule has 174 valence electrons. The van der Waals surface area contributed by atoms with Gasteiger partial charge in [0.15, 0.2) is 11.2 Å². The quantitative estimate of drug-likeness (QED) is 0.407. The molecule has 4 heterocycles. The van der Waals surface area contributed by atoms with E-state index in [9.17, 15) is 13.2 Å². The molecule has 1 saturated carbocycles. The third kappa shape index (κ3) is 4.58. The second kappa shape index (κ2) is 8.97. The first-order chi connectivity index (χ1) is 14.8. The number of fused-ring (bicyclic) bond motifs is 1. The third-order valence-corrected chi connectivity index (χ3v) is 6.89. The van der Waals surface area contributed by atoms with Crippen LogP contribution >= 0.6 is 0 Å². The van der Waals surface area contributed by atoms with Gasteiger partial charge in [-0.15, -0.1) is 5.10 Å². The van der Waals surface area contributed by atoms with Gasteiger partial charge in [0.05, 0.1) is 18.1 Å². The van der Waals surface area contributed by atoms with Gasteiger partial charge in [-0.1, -0.05) is 6.07 Å². The van der Waals surface area contributed by atoms with Crippen molar-refractivity contribution in [2.75, 3.05) is 31.2 Å². The minimum absolute atomic E-state index is 0. The smallest absolute Gasteiger partial charge is 0.249 e. The Balaban J connectivity index is 0.00000153. The van der Waals surface area contributed by atoms with Crippen LogP contribution in [0.15, 0.2) is 30.6 Å². The summed E-state index contributed by atoms with van der Waals surface area (Å²) in [6.07, 6.45) is 6.41. The summed E-state index contributed by atoms with van der Waals surface area (Å²) in [5, 5.41) is 11.6. The molecular weight excluding hydrogens is 616 g/mol. The molecule has 11 nitrogen and oxygen atoms in total. The predicted octanol–water partition coefficient (Wildman–Crippen LogP) is 1.28. The molecule has 0 radical (unpaired) electrons. The van der Waals surface area contributed by atoms with Crippen LogP contribution in [0.4, 0.5) is 5.95 Å². The number of nitrogens with zero attached hydrogens (tertiary/aromatic N) is 7. The van der Waals surface area contributed by atoms with Crippen molar-refractivity contribution in [2.45, 2.75) is 18.4 Å². The van der Waals surface area contributed by atoms with E-state index in [2.05, 4.69) is 25.3 Å². The number of pyridine rings is 1. The molecule has 33 heavy (non-hydrogen) atoms. The molecule has 1 amide bonds. The Morgan fingerprint density at radius 2 is 2.06 bits per heavy atom. The number of nitrogens with one attached hydrogen (secondary N) is 1. The van der Waals surface area contributed by atoms with E-state index in [4.69, 9.17) is 6.57 Å². The summed E-state index contributed by atoms with van der Waals surface area (Å²) in [4.78, 5) is 19.9. The molecular formula is C20H23N8O3SW-. The van der Waals surface area contributed by atoms with Crippen molar-refractivity contribution in [3.05, 3.63) is 49.4 Å². The molecule has 0 atom stereocenters. The number of hydrogen-bond acceptors (Lipinski definition) is 6. The normalized spacial score (nSPS) is 17.3. The van der Waals surface area contributed by atoms with E-state index in [1.165, 1.54) is 4.31 Å². The molecule has 1 aliphatic heterocycles. The van der Waals surface area contributed by atoms with Gasteiger partial charge in [0.1, 0.15) is 0 Å². The van der Waals surface area contributed by atoms with E-state index in [-0.39, 0.29) is 65.9 Å². The summed E-state index contributed by atoms with van der Waals surface area (Å²) in [5.41, 5.74) is 1.36. The maximum absolute atomic E-state index is 12.0. The summed E-state index contributed by atoms with van der Waals surface area (Å²) in [5.74, 6) is 0.243. The van der Waals surface area contributed by atoms with Crippen molar-refractivity contribution in [3.8, 4) is 11.3 Å². The fraction of sp³-hybridized carbons (Fsp3) is 0.400. The number of aromatic nitrogens is 5. The topological polar surface area (TPSA) is 119 Å². The van der Waals surface area contributed by atoms with Crippen molar-refractivity contribution in [1.82, 2.24) is 28.7 Å². The van der Waals surface area contributed by atoms with Crippen LogP contribution in [-0.2, 0) is 41.4 Å². The van der Waals surface area contributed by atoms with Gasteiger partial charge in [-0.2, -0.15) is 14.4 Å². The largest absolute Gasteiger partial charge is 0.358 e. The Morgan fingerprint density at radius 3 is 2.70 bits per heavy atom. The average Bonchev–Trinajstić information content (AvgIpc) is 3.28. The number of carbonyl (C=O) groups excluding carboxylic acids is 1. The first-order valence-electron chi connectivity index (χ1n) is 9.80. The zero-order valence-corrected chi connectivity index (χ0v) is 21.9. The summed E-state index contributed by atoms with van der Waals surface area (Å²) >= 11 is 0. The van der Waals surface area contributed by atoms with E-state index in [0.29, 0.717) is 5.65 Å². The van der Waals surface area contributed by atoms with Crippen LogP contribution in [0.5, 0.6) is 0 Å². The molecule has 1 saturated heterocycles. The Labute approximate surface area is 206 Å². The second-order valence-corrected chi connectivity index (χ2v) is 10.1. The molecule has 3 aromatic rings. The first kappa shape index (κ1) is 25.0. The van der Waals surface area contributed by atoms with Gasteiger partial charge >= 0.3 is 0 Å². The van der Waals surface area contributed by atoms with Crippen molar-refractivity contribution in [1.29, 1.82) is 0 Å². The molecule has 2 fully saturated rings. The van der Waals surface area contributed by atoms with E-state index >= 15 is 0 Å². The number of hydrogen-bond donors (Lipinski definition) is 1. The Kier molecular flexibility index (Phi) is 6.80. The predicted molar refractivity (Wildman–Crippen MR) is 118 cm³/mol. The summed E-state index contributed by atoms with van der Waals surface area (Å²) < 4.78 is 28.3. The van der Waals surface area contributed by atoms with Crippen LogP contribution in [0, 0.1) is 19.9 Å². The van der Waals surface area contributed by atoms with Gasteiger partial charge in [-0.3, -0.25) is 14.8 Å². The molecule has 13 heteroatoms. The van der Waals surface area contributed by atoms with Crippen molar-refractivity contribution in [3.63, 3.8) is 0 Å². The summed E-state index contributed by atoms with van der Waals surface area (Å²) in [7, 11) is -3.31. The zero-order chi connectivity index (χ0) is 21.8. The first-order valence-corrected chi connectivity index (χ1v) is 11.6. The van der Waals surface area contributed by atoms with E-state index < -0.39 is 15.6 Å². The number of sulfonamides is 1. The van der Waals surface area contributed by atoms with E-state index in [1.54, 1.807) is 27.7 Å². The van der Waals surface area contributed by atoms with Gasteiger partial charge in [0.25, 0.3) is 0 Å². The average molecular weight is 639 g/mol. The maximum Gasteiger partial charge on any atom is 0.249 e. The Morgan fingerprint density at radius 1 is 1.33 bits per heavy atom.